The Bertz CT molecular complexity index is 737. The molecule has 2 aromatic carbocycles. The van der Waals surface area contributed by atoms with Crippen LogP contribution in [0, 0.1) is 20.8 Å². The highest BCUT2D eigenvalue weighted by Crippen LogP contribution is 2.17. The molecule has 120 valence electrons. The summed E-state index contributed by atoms with van der Waals surface area (Å²) in [6, 6.07) is 12.9. The lowest BCUT2D eigenvalue weighted by molar-refractivity contribution is -0.123. The maximum Gasteiger partial charge on any atom is 0.338 e. The molecule has 0 saturated carbocycles. The number of carbonyl (C=O) groups is 2. The predicted molar refractivity (Wildman–Crippen MR) is 90.6 cm³/mol. The van der Waals surface area contributed by atoms with Gasteiger partial charge in [-0.2, -0.15) is 0 Å². The Kier molecular flexibility index (Phi) is 5.16. The van der Waals surface area contributed by atoms with Crippen molar-refractivity contribution in [3.05, 3.63) is 64.7 Å². The molecule has 0 aliphatic heterocycles. The van der Waals surface area contributed by atoms with Crippen molar-refractivity contribution in [3.63, 3.8) is 0 Å². The Labute approximate surface area is 136 Å². The Hall–Kier alpha value is -2.62. The summed E-state index contributed by atoms with van der Waals surface area (Å²) in [4.78, 5) is 24.3. The molecule has 2 rings (SSSR count). The summed E-state index contributed by atoms with van der Waals surface area (Å²) < 4.78 is 5.24. The van der Waals surface area contributed by atoms with Crippen molar-refractivity contribution < 1.29 is 14.3 Å². The second kappa shape index (κ2) is 7.09. The fourth-order valence-electron chi connectivity index (χ4n) is 2.16. The molecule has 4 heteroatoms. The number of rotatable bonds is 4. The third-order valence-electron chi connectivity index (χ3n) is 3.56. The second-order valence-corrected chi connectivity index (χ2v) is 5.72. The molecule has 1 atom stereocenters. The van der Waals surface area contributed by atoms with E-state index in [2.05, 4.69) is 5.32 Å². The average molecular weight is 311 g/mol. The first-order chi connectivity index (χ1) is 10.9. The molecule has 0 saturated heterocycles. The van der Waals surface area contributed by atoms with Crippen molar-refractivity contribution in [1.82, 2.24) is 0 Å². The van der Waals surface area contributed by atoms with Crippen molar-refractivity contribution in [2.45, 2.75) is 33.8 Å². The zero-order valence-corrected chi connectivity index (χ0v) is 13.8. The van der Waals surface area contributed by atoms with E-state index >= 15 is 0 Å². The van der Waals surface area contributed by atoms with Crippen molar-refractivity contribution in [2.75, 3.05) is 5.32 Å². The lowest BCUT2D eigenvalue weighted by atomic mass is 10.1. The minimum Gasteiger partial charge on any atom is -0.449 e. The van der Waals surface area contributed by atoms with Crippen LogP contribution in [0.25, 0.3) is 0 Å². The molecule has 1 unspecified atom stereocenters. The van der Waals surface area contributed by atoms with E-state index in [0.717, 1.165) is 22.4 Å². The van der Waals surface area contributed by atoms with Gasteiger partial charge in [0.05, 0.1) is 5.56 Å². The van der Waals surface area contributed by atoms with Crippen LogP contribution in [-0.2, 0) is 9.53 Å². The van der Waals surface area contributed by atoms with Gasteiger partial charge in [0.1, 0.15) is 0 Å². The van der Waals surface area contributed by atoms with Gasteiger partial charge >= 0.3 is 5.97 Å². The normalized spacial score (nSPS) is 11.7. The van der Waals surface area contributed by atoms with Gasteiger partial charge in [0.25, 0.3) is 5.91 Å². The molecule has 0 aromatic heterocycles. The zero-order chi connectivity index (χ0) is 17.0. The summed E-state index contributed by atoms with van der Waals surface area (Å²) in [5, 5.41) is 2.80. The summed E-state index contributed by atoms with van der Waals surface area (Å²) in [7, 11) is 0. The molecule has 0 aliphatic carbocycles. The SMILES string of the molecule is Cc1cccc(C(=O)OC(C)C(=O)Nc2cc(C)ccc2C)c1. The fourth-order valence-corrected chi connectivity index (χ4v) is 2.16. The molecule has 0 fully saturated rings. The van der Waals surface area contributed by atoms with E-state index in [1.165, 1.54) is 0 Å². The van der Waals surface area contributed by atoms with Crippen LogP contribution in [-0.4, -0.2) is 18.0 Å². The number of hydrogen-bond donors (Lipinski definition) is 1. The summed E-state index contributed by atoms with van der Waals surface area (Å²) in [5.41, 5.74) is 4.15. The first-order valence-corrected chi connectivity index (χ1v) is 7.52. The van der Waals surface area contributed by atoms with Gasteiger partial charge in [-0.05, 0) is 57.0 Å². The molecule has 0 aliphatic rings. The molecule has 23 heavy (non-hydrogen) atoms. The van der Waals surface area contributed by atoms with Gasteiger partial charge in [-0.1, -0.05) is 29.8 Å². The van der Waals surface area contributed by atoms with Crippen LogP contribution in [0.1, 0.15) is 34.0 Å². The smallest absolute Gasteiger partial charge is 0.338 e. The summed E-state index contributed by atoms with van der Waals surface area (Å²) in [6.07, 6.45) is -0.872. The highest BCUT2D eigenvalue weighted by molar-refractivity contribution is 5.97. The number of anilines is 1. The van der Waals surface area contributed by atoms with Gasteiger partial charge in [0.15, 0.2) is 6.10 Å². The van der Waals surface area contributed by atoms with Crippen molar-refractivity contribution in [3.8, 4) is 0 Å². The molecule has 1 amide bonds. The van der Waals surface area contributed by atoms with Gasteiger partial charge in [0, 0.05) is 5.69 Å². The van der Waals surface area contributed by atoms with Gasteiger partial charge in [0.2, 0.25) is 0 Å². The molecule has 1 N–H and O–H groups in total. The number of amides is 1. The van der Waals surface area contributed by atoms with Gasteiger partial charge < -0.3 is 10.1 Å². The Morgan fingerprint density at radius 3 is 2.39 bits per heavy atom. The van der Waals surface area contributed by atoms with Gasteiger partial charge in [-0.15, -0.1) is 0 Å². The van der Waals surface area contributed by atoms with E-state index < -0.39 is 12.1 Å². The quantitative estimate of drug-likeness (QED) is 0.874. The van der Waals surface area contributed by atoms with Crippen LogP contribution in [0.2, 0.25) is 0 Å². The van der Waals surface area contributed by atoms with Crippen LogP contribution in [0.5, 0.6) is 0 Å². The molecule has 0 spiro atoms. The first-order valence-electron chi connectivity index (χ1n) is 7.52. The van der Waals surface area contributed by atoms with Crippen molar-refractivity contribution >= 4 is 17.6 Å². The number of hydrogen-bond acceptors (Lipinski definition) is 3. The minimum absolute atomic E-state index is 0.347. The first kappa shape index (κ1) is 16.7. The molecular formula is C19H21NO3. The third kappa shape index (κ3) is 4.42. The standard InChI is InChI=1S/C19H21NO3/c1-12-6-5-7-16(10-12)19(22)23-15(4)18(21)20-17-11-13(2)8-9-14(17)3/h5-11,15H,1-4H3,(H,20,21). The number of aryl methyl sites for hydroxylation is 3. The maximum absolute atomic E-state index is 12.2. The van der Waals surface area contributed by atoms with E-state index in [9.17, 15) is 9.59 Å². The molecule has 4 nitrogen and oxygen atoms in total. The van der Waals surface area contributed by atoms with Gasteiger partial charge in [-0.25, -0.2) is 4.79 Å². The Morgan fingerprint density at radius 2 is 1.70 bits per heavy atom. The van der Waals surface area contributed by atoms with E-state index in [0.29, 0.717) is 5.56 Å². The lowest BCUT2D eigenvalue weighted by Crippen LogP contribution is -2.30. The second-order valence-electron chi connectivity index (χ2n) is 5.72. The Morgan fingerprint density at radius 1 is 1.00 bits per heavy atom. The molecule has 2 aromatic rings. The maximum atomic E-state index is 12.2. The van der Waals surface area contributed by atoms with Crippen molar-refractivity contribution in [1.29, 1.82) is 0 Å². The van der Waals surface area contributed by atoms with E-state index in [1.807, 2.05) is 45.0 Å². The van der Waals surface area contributed by atoms with Crippen molar-refractivity contribution in [2.24, 2.45) is 0 Å². The fraction of sp³-hybridized carbons (Fsp3) is 0.263. The molecule has 0 bridgehead atoms. The van der Waals surface area contributed by atoms with Crippen LogP contribution in [0.3, 0.4) is 0 Å². The average Bonchev–Trinajstić information content (AvgIpc) is 2.50. The van der Waals surface area contributed by atoms with Crippen LogP contribution < -0.4 is 5.32 Å². The van der Waals surface area contributed by atoms with Crippen LogP contribution in [0.4, 0.5) is 5.69 Å². The number of ether oxygens (including phenoxy) is 1. The summed E-state index contributed by atoms with van der Waals surface area (Å²) in [5.74, 6) is -0.850. The number of carbonyl (C=O) groups excluding carboxylic acids is 2. The molecular weight excluding hydrogens is 290 g/mol. The Balaban J connectivity index is 2.02. The lowest BCUT2D eigenvalue weighted by Gasteiger charge is -2.15. The van der Waals surface area contributed by atoms with Crippen LogP contribution >= 0.6 is 0 Å². The highest BCUT2D eigenvalue weighted by Gasteiger charge is 2.19. The molecule has 0 heterocycles. The summed E-state index contributed by atoms with van der Waals surface area (Å²) >= 11 is 0. The largest absolute Gasteiger partial charge is 0.449 e. The van der Waals surface area contributed by atoms with E-state index in [4.69, 9.17) is 4.74 Å². The van der Waals surface area contributed by atoms with Gasteiger partial charge in [-0.3, -0.25) is 4.79 Å². The topological polar surface area (TPSA) is 55.4 Å². The van der Waals surface area contributed by atoms with E-state index in [1.54, 1.807) is 25.1 Å². The highest BCUT2D eigenvalue weighted by atomic mass is 16.5. The number of nitrogens with one attached hydrogen (secondary N) is 1. The van der Waals surface area contributed by atoms with Crippen LogP contribution in [0.15, 0.2) is 42.5 Å². The zero-order valence-electron chi connectivity index (χ0n) is 13.8. The minimum atomic E-state index is -0.872. The number of benzene rings is 2. The third-order valence-corrected chi connectivity index (χ3v) is 3.56. The summed E-state index contributed by atoms with van der Waals surface area (Å²) in [6.45, 7) is 7.33. The predicted octanol–water partition coefficient (Wildman–Crippen LogP) is 3.80. The number of esters is 1. The van der Waals surface area contributed by atoms with E-state index in [-0.39, 0.29) is 5.91 Å². The monoisotopic (exact) mass is 311 g/mol. The molecule has 0 radical (unpaired) electrons.